The average Bonchev–Trinajstić information content (AvgIpc) is 2.43. The molecule has 7 heteroatoms. The Morgan fingerprint density at radius 1 is 1.30 bits per heavy atom. The van der Waals surface area contributed by atoms with Gasteiger partial charge in [-0.1, -0.05) is 29.8 Å². The summed E-state index contributed by atoms with van der Waals surface area (Å²) in [6, 6.07) is 10.3. The van der Waals surface area contributed by atoms with Gasteiger partial charge in [-0.2, -0.15) is 0 Å². The van der Waals surface area contributed by atoms with Crippen molar-refractivity contribution in [2.75, 3.05) is 10.8 Å². The van der Waals surface area contributed by atoms with Gasteiger partial charge >= 0.3 is 0 Å². The minimum atomic E-state index is -3.75. The SMILES string of the molecule is CCN(c1ccccc1)S(=O)(=O)c1cc(Br)cnc1Cl. The van der Waals surface area contributed by atoms with Crippen LogP contribution in [0.25, 0.3) is 0 Å². The molecule has 0 saturated carbocycles. The second-order valence-corrected chi connectivity index (χ2v) is 7.05. The van der Waals surface area contributed by atoms with E-state index in [1.807, 2.05) is 6.07 Å². The molecule has 0 aliphatic rings. The third kappa shape index (κ3) is 2.97. The van der Waals surface area contributed by atoms with E-state index in [0.717, 1.165) is 0 Å². The van der Waals surface area contributed by atoms with Crippen molar-refractivity contribution in [3.8, 4) is 0 Å². The van der Waals surface area contributed by atoms with Crippen molar-refractivity contribution in [1.82, 2.24) is 4.98 Å². The molecule has 1 aromatic heterocycles. The summed E-state index contributed by atoms with van der Waals surface area (Å²) in [4.78, 5) is 3.85. The number of nitrogens with zero attached hydrogens (tertiary/aromatic N) is 2. The van der Waals surface area contributed by atoms with Crippen molar-refractivity contribution in [3.63, 3.8) is 0 Å². The fourth-order valence-electron chi connectivity index (χ4n) is 1.79. The largest absolute Gasteiger partial charge is 0.267 e. The van der Waals surface area contributed by atoms with Gasteiger partial charge in [0.25, 0.3) is 10.0 Å². The average molecular weight is 376 g/mol. The highest BCUT2D eigenvalue weighted by Gasteiger charge is 2.26. The Morgan fingerprint density at radius 3 is 2.55 bits per heavy atom. The van der Waals surface area contributed by atoms with Gasteiger partial charge in [0.05, 0.1) is 5.69 Å². The van der Waals surface area contributed by atoms with E-state index in [4.69, 9.17) is 11.6 Å². The Kier molecular flexibility index (Phi) is 4.67. The van der Waals surface area contributed by atoms with Crippen molar-refractivity contribution in [2.24, 2.45) is 0 Å². The number of rotatable bonds is 4. The van der Waals surface area contributed by atoms with Crippen molar-refractivity contribution in [1.29, 1.82) is 0 Å². The molecule has 0 radical (unpaired) electrons. The number of hydrogen-bond donors (Lipinski definition) is 0. The van der Waals surface area contributed by atoms with E-state index in [9.17, 15) is 8.42 Å². The second-order valence-electron chi connectivity index (χ2n) is 3.95. The molecular formula is C13H12BrClN2O2S. The highest BCUT2D eigenvalue weighted by molar-refractivity contribution is 9.10. The molecule has 2 rings (SSSR count). The Hall–Kier alpha value is -1.11. The first-order valence-corrected chi connectivity index (χ1v) is 8.46. The Bertz CT molecular complexity index is 708. The number of hydrogen-bond acceptors (Lipinski definition) is 3. The monoisotopic (exact) mass is 374 g/mol. The fourth-order valence-corrected chi connectivity index (χ4v) is 4.19. The molecular weight excluding hydrogens is 364 g/mol. The highest BCUT2D eigenvalue weighted by atomic mass is 79.9. The summed E-state index contributed by atoms with van der Waals surface area (Å²) in [5.41, 5.74) is 0.589. The van der Waals surface area contributed by atoms with Crippen molar-refractivity contribution < 1.29 is 8.42 Å². The number of benzene rings is 1. The molecule has 1 aromatic carbocycles. The van der Waals surface area contributed by atoms with Crippen LogP contribution in [-0.2, 0) is 10.0 Å². The molecule has 0 aliphatic heterocycles. The lowest BCUT2D eigenvalue weighted by Crippen LogP contribution is -2.31. The zero-order valence-corrected chi connectivity index (χ0v) is 13.8. The topological polar surface area (TPSA) is 50.3 Å². The lowest BCUT2D eigenvalue weighted by Gasteiger charge is -2.23. The first-order chi connectivity index (χ1) is 9.46. The van der Waals surface area contributed by atoms with Crippen LogP contribution in [0.4, 0.5) is 5.69 Å². The van der Waals surface area contributed by atoms with E-state index in [1.165, 1.54) is 16.6 Å². The van der Waals surface area contributed by atoms with Gasteiger partial charge in [-0.05, 0) is 41.1 Å². The summed E-state index contributed by atoms with van der Waals surface area (Å²) >= 11 is 9.14. The van der Waals surface area contributed by atoms with Gasteiger partial charge in [-0.3, -0.25) is 4.31 Å². The number of halogens is 2. The van der Waals surface area contributed by atoms with Crippen LogP contribution in [0.15, 0.2) is 52.0 Å². The second kappa shape index (κ2) is 6.11. The van der Waals surface area contributed by atoms with E-state index in [1.54, 1.807) is 31.2 Å². The molecule has 1 heterocycles. The van der Waals surface area contributed by atoms with Crippen molar-refractivity contribution in [3.05, 3.63) is 52.2 Å². The third-order valence-corrected chi connectivity index (χ3v) is 5.44. The standard InChI is InChI=1S/C13H12BrClN2O2S/c1-2-17(11-6-4-3-5-7-11)20(18,19)12-8-10(14)9-16-13(12)15/h3-9H,2H2,1H3. The smallest absolute Gasteiger partial charge is 0.267 e. The molecule has 0 unspecified atom stereocenters. The Morgan fingerprint density at radius 2 is 1.95 bits per heavy atom. The number of para-hydroxylation sites is 1. The van der Waals surface area contributed by atoms with E-state index in [0.29, 0.717) is 16.7 Å². The minimum absolute atomic E-state index is 0.0146. The molecule has 20 heavy (non-hydrogen) atoms. The molecule has 4 nitrogen and oxygen atoms in total. The van der Waals surface area contributed by atoms with E-state index in [2.05, 4.69) is 20.9 Å². The van der Waals surface area contributed by atoms with Crippen molar-refractivity contribution in [2.45, 2.75) is 11.8 Å². The highest BCUT2D eigenvalue weighted by Crippen LogP contribution is 2.28. The maximum Gasteiger partial charge on any atom is 0.267 e. The van der Waals surface area contributed by atoms with Gasteiger partial charge in [0.2, 0.25) is 0 Å². The zero-order valence-electron chi connectivity index (χ0n) is 10.6. The molecule has 106 valence electrons. The Balaban J connectivity index is 2.56. The normalized spacial score (nSPS) is 11.3. The maximum absolute atomic E-state index is 12.7. The predicted octanol–water partition coefficient (Wildman–Crippen LogP) is 3.71. The molecule has 2 aromatic rings. The Labute approximate surface area is 131 Å². The zero-order chi connectivity index (χ0) is 14.8. The van der Waals surface area contributed by atoms with Crippen LogP contribution in [0, 0.1) is 0 Å². The third-order valence-electron chi connectivity index (χ3n) is 2.67. The molecule has 0 atom stereocenters. The lowest BCUT2D eigenvalue weighted by molar-refractivity contribution is 0.591. The molecule has 0 saturated heterocycles. The van der Waals surface area contributed by atoms with Gasteiger partial charge in [0, 0.05) is 17.2 Å². The molecule has 0 aliphatic carbocycles. The maximum atomic E-state index is 12.7. The molecule has 0 spiro atoms. The number of sulfonamides is 1. The van der Waals surface area contributed by atoms with E-state index < -0.39 is 10.0 Å². The number of aromatic nitrogens is 1. The van der Waals surface area contributed by atoms with E-state index >= 15 is 0 Å². The summed E-state index contributed by atoms with van der Waals surface area (Å²) in [6.45, 7) is 2.07. The van der Waals surface area contributed by atoms with Gasteiger partial charge in [0.15, 0.2) is 0 Å². The summed E-state index contributed by atoms with van der Waals surface area (Å²) < 4.78 is 27.3. The van der Waals surface area contributed by atoms with Gasteiger partial charge < -0.3 is 0 Å². The van der Waals surface area contributed by atoms with Crippen LogP contribution in [0.5, 0.6) is 0 Å². The van der Waals surface area contributed by atoms with Crippen molar-refractivity contribution >= 4 is 43.2 Å². The van der Waals surface area contributed by atoms with Crippen LogP contribution < -0.4 is 4.31 Å². The molecule has 0 fully saturated rings. The van der Waals surface area contributed by atoms with E-state index in [-0.39, 0.29) is 10.0 Å². The van der Waals surface area contributed by atoms with Crippen LogP contribution >= 0.6 is 27.5 Å². The fraction of sp³-hybridized carbons (Fsp3) is 0.154. The van der Waals surface area contributed by atoms with Crippen LogP contribution in [0.1, 0.15) is 6.92 Å². The minimum Gasteiger partial charge on any atom is -0.267 e. The van der Waals surface area contributed by atoms with Crippen LogP contribution in [-0.4, -0.2) is 19.9 Å². The lowest BCUT2D eigenvalue weighted by atomic mass is 10.3. The first-order valence-electron chi connectivity index (χ1n) is 5.85. The van der Waals surface area contributed by atoms with Crippen LogP contribution in [0.2, 0.25) is 5.15 Å². The van der Waals surface area contributed by atoms with Gasteiger partial charge in [0.1, 0.15) is 10.0 Å². The number of anilines is 1. The number of pyridine rings is 1. The first kappa shape index (κ1) is 15.3. The summed E-state index contributed by atoms with van der Waals surface area (Å²) in [5.74, 6) is 0. The quantitative estimate of drug-likeness (QED) is 0.765. The molecule has 0 N–H and O–H groups in total. The molecule has 0 amide bonds. The summed E-state index contributed by atoms with van der Waals surface area (Å²) in [5, 5.41) is -0.0393. The summed E-state index contributed by atoms with van der Waals surface area (Å²) in [6.07, 6.45) is 1.46. The summed E-state index contributed by atoms with van der Waals surface area (Å²) in [7, 11) is -3.75. The van der Waals surface area contributed by atoms with Gasteiger partial charge in [-0.25, -0.2) is 13.4 Å². The molecule has 0 bridgehead atoms. The predicted molar refractivity (Wildman–Crippen MR) is 83.6 cm³/mol. The van der Waals surface area contributed by atoms with Crippen LogP contribution in [0.3, 0.4) is 0 Å². The van der Waals surface area contributed by atoms with Gasteiger partial charge in [-0.15, -0.1) is 0 Å².